The Morgan fingerprint density at radius 3 is 2.46 bits per heavy atom. The molecule has 2 aromatic rings. The zero-order valence-corrected chi connectivity index (χ0v) is 14.6. The van der Waals surface area contributed by atoms with Gasteiger partial charge in [0.1, 0.15) is 5.75 Å². The van der Waals surface area contributed by atoms with Crippen molar-refractivity contribution in [1.82, 2.24) is 10.3 Å². The molecule has 0 saturated heterocycles. The topological polar surface area (TPSA) is 45.1 Å². The summed E-state index contributed by atoms with van der Waals surface area (Å²) < 4.78 is 38.2. The van der Waals surface area contributed by atoms with Gasteiger partial charge in [0.15, 0.2) is 0 Å². The number of benzene rings is 1. The number of hydrogen-bond donors (Lipinski definition) is 2. The van der Waals surface area contributed by atoms with Crippen molar-refractivity contribution in [3.8, 4) is 5.75 Å². The Hall–Kier alpha value is -2.50. The Balaban J connectivity index is 1.66. The van der Waals surface area contributed by atoms with E-state index in [1.807, 2.05) is 13.8 Å². The molecule has 3 rings (SSSR count). The summed E-state index contributed by atoms with van der Waals surface area (Å²) in [6, 6.07) is 8.61. The van der Waals surface area contributed by atoms with E-state index in [0.717, 1.165) is 35.5 Å². The molecule has 26 heavy (non-hydrogen) atoms. The maximum absolute atomic E-state index is 12.7. The summed E-state index contributed by atoms with van der Waals surface area (Å²) in [7, 11) is 0. The van der Waals surface area contributed by atoms with Gasteiger partial charge in [-0.05, 0) is 43.2 Å². The van der Waals surface area contributed by atoms with E-state index < -0.39 is 11.7 Å². The molecule has 138 valence electrons. The van der Waals surface area contributed by atoms with Gasteiger partial charge in [0.25, 0.3) is 0 Å². The second-order valence-corrected chi connectivity index (χ2v) is 7.08. The van der Waals surface area contributed by atoms with Crippen molar-refractivity contribution in [3.05, 3.63) is 71.7 Å². The number of aromatic hydroxyl groups is 1. The average molecular weight is 362 g/mol. The second kappa shape index (κ2) is 6.34. The van der Waals surface area contributed by atoms with Gasteiger partial charge in [0, 0.05) is 17.0 Å². The van der Waals surface area contributed by atoms with Gasteiger partial charge in [0.2, 0.25) is 0 Å². The highest BCUT2D eigenvalue weighted by Gasteiger charge is 2.53. The summed E-state index contributed by atoms with van der Waals surface area (Å²) in [5.74, 6) is 0.260. The highest BCUT2D eigenvalue weighted by molar-refractivity contribution is 5.39. The van der Waals surface area contributed by atoms with E-state index in [9.17, 15) is 18.3 Å². The summed E-state index contributed by atoms with van der Waals surface area (Å²) in [5.41, 5.74) is 1.66. The molecule has 0 radical (unpaired) electrons. The maximum atomic E-state index is 12.7. The smallest absolute Gasteiger partial charge is 0.416 e. The normalized spacial score (nSPS) is 23.3. The quantitative estimate of drug-likeness (QED) is 0.791. The van der Waals surface area contributed by atoms with Crippen LogP contribution in [0.1, 0.15) is 43.1 Å². The number of allylic oxidation sites excluding steroid dienone is 1. The first-order valence-corrected chi connectivity index (χ1v) is 8.39. The number of halogens is 3. The van der Waals surface area contributed by atoms with Gasteiger partial charge in [-0.3, -0.25) is 4.98 Å². The lowest BCUT2D eigenvalue weighted by Gasteiger charge is -2.19. The number of rotatable bonds is 5. The van der Waals surface area contributed by atoms with Crippen LogP contribution in [-0.2, 0) is 11.6 Å². The fraction of sp³-hybridized carbons (Fsp3) is 0.350. The Morgan fingerprint density at radius 2 is 1.92 bits per heavy atom. The van der Waals surface area contributed by atoms with Crippen LogP contribution in [0.3, 0.4) is 0 Å². The standard InChI is InChI=1S/C20H21F3N2O/c1-12(25-13(2)18-9-8-16(26)11-24-18)17-10-19(17,3)14-4-6-15(7-5-14)20(21,22)23/h4-9,11,13,17,25-26H,1,10H2,2-3H3/t13-,17-,19-/m1/s1. The largest absolute Gasteiger partial charge is 0.506 e. The predicted molar refractivity (Wildman–Crippen MR) is 93.5 cm³/mol. The Bertz CT molecular complexity index is 799. The van der Waals surface area contributed by atoms with Gasteiger partial charge in [-0.1, -0.05) is 25.6 Å². The minimum atomic E-state index is -4.32. The molecule has 0 bridgehead atoms. The molecule has 0 aliphatic heterocycles. The fourth-order valence-electron chi connectivity index (χ4n) is 3.34. The van der Waals surface area contributed by atoms with Gasteiger partial charge < -0.3 is 10.4 Å². The third kappa shape index (κ3) is 3.54. The molecular formula is C20H21F3N2O. The number of pyridine rings is 1. The van der Waals surface area contributed by atoms with E-state index in [0.29, 0.717) is 0 Å². The zero-order valence-electron chi connectivity index (χ0n) is 14.6. The second-order valence-electron chi connectivity index (χ2n) is 7.08. The number of aromatic nitrogens is 1. The van der Waals surface area contributed by atoms with Crippen molar-refractivity contribution in [1.29, 1.82) is 0 Å². The van der Waals surface area contributed by atoms with Gasteiger partial charge in [-0.2, -0.15) is 13.2 Å². The van der Waals surface area contributed by atoms with Crippen molar-refractivity contribution >= 4 is 0 Å². The van der Waals surface area contributed by atoms with Crippen LogP contribution in [0.2, 0.25) is 0 Å². The van der Waals surface area contributed by atoms with E-state index in [2.05, 4.69) is 16.9 Å². The first-order valence-electron chi connectivity index (χ1n) is 8.39. The molecule has 1 aromatic heterocycles. The molecule has 1 fully saturated rings. The van der Waals surface area contributed by atoms with Crippen molar-refractivity contribution in [3.63, 3.8) is 0 Å². The first kappa shape index (κ1) is 18.3. The molecule has 6 heteroatoms. The van der Waals surface area contributed by atoms with Gasteiger partial charge in [0.05, 0.1) is 23.5 Å². The molecule has 1 saturated carbocycles. The average Bonchev–Trinajstić information content (AvgIpc) is 3.28. The van der Waals surface area contributed by atoms with E-state index in [1.54, 1.807) is 24.3 Å². The molecule has 1 aliphatic rings. The minimum absolute atomic E-state index is 0.0828. The maximum Gasteiger partial charge on any atom is 0.416 e. The van der Waals surface area contributed by atoms with Crippen LogP contribution in [0.4, 0.5) is 13.2 Å². The van der Waals surface area contributed by atoms with E-state index in [1.165, 1.54) is 6.20 Å². The highest BCUT2D eigenvalue weighted by Crippen LogP contribution is 2.57. The first-order chi connectivity index (χ1) is 12.1. The number of nitrogens with zero attached hydrogens (tertiary/aromatic N) is 1. The molecule has 0 spiro atoms. The molecular weight excluding hydrogens is 341 g/mol. The van der Waals surface area contributed by atoms with Crippen molar-refractivity contribution in [2.75, 3.05) is 0 Å². The van der Waals surface area contributed by atoms with Crippen LogP contribution in [0.5, 0.6) is 5.75 Å². The highest BCUT2D eigenvalue weighted by atomic mass is 19.4. The third-order valence-corrected chi connectivity index (χ3v) is 5.15. The minimum Gasteiger partial charge on any atom is -0.506 e. The molecule has 1 aliphatic carbocycles. The summed E-state index contributed by atoms with van der Waals surface area (Å²) in [6.45, 7) is 8.09. The summed E-state index contributed by atoms with van der Waals surface area (Å²) in [6.07, 6.45) is -2.10. The number of alkyl halides is 3. The molecule has 0 amide bonds. The molecule has 1 heterocycles. The van der Waals surface area contributed by atoms with Crippen LogP contribution in [0, 0.1) is 5.92 Å². The summed E-state index contributed by atoms with van der Waals surface area (Å²) >= 11 is 0. The van der Waals surface area contributed by atoms with E-state index >= 15 is 0 Å². The lowest BCUT2D eigenvalue weighted by Crippen LogP contribution is -2.21. The Kier molecular flexibility index (Phi) is 4.46. The van der Waals surface area contributed by atoms with Crippen LogP contribution in [0.25, 0.3) is 0 Å². The van der Waals surface area contributed by atoms with Crippen LogP contribution in [-0.4, -0.2) is 10.1 Å². The lowest BCUT2D eigenvalue weighted by molar-refractivity contribution is -0.137. The van der Waals surface area contributed by atoms with Crippen LogP contribution in [0.15, 0.2) is 54.9 Å². The van der Waals surface area contributed by atoms with Crippen LogP contribution >= 0.6 is 0 Å². The summed E-state index contributed by atoms with van der Waals surface area (Å²) in [5, 5.41) is 12.6. The zero-order chi connectivity index (χ0) is 19.1. The lowest BCUT2D eigenvalue weighted by atomic mass is 9.93. The van der Waals surface area contributed by atoms with Gasteiger partial charge in [-0.15, -0.1) is 0 Å². The van der Waals surface area contributed by atoms with Crippen molar-refractivity contribution in [2.45, 2.75) is 37.9 Å². The van der Waals surface area contributed by atoms with Gasteiger partial charge >= 0.3 is 6.18 Å². The van der Waals surface area contributed by atoms with E-state index in [4.69, 9.17) is 0 Å². The summed E-state index contributed by atoms with van der Waals surface area (Å²) in [4.78, 5) is 4.18. The molecule has 3 nitrogen and oxygen atoms in total. The third-order valence-electron chi connectivity index (χ3n) is 5.15. The van der Waals surface area contributed by atoms with Crippen LogP contribution < -0.4 is 5.32 Å². The van der Waals surface area contributed by atoms with E-state index in [-0.39, 0.29) is 23.1 Å². The number of nitrogens with one attached hydrogen (secondary N) is 1. The fourth-order valence-corrected chi connectivity index (χ4v) is 3.34. The predicted octanol–water partition coefficient (Wildman–Crippen LogP) is 4.95. The van der Waals surface area contributed by atoms with Crippen molar-refractivity contribution in [2.24, 2.45) is 5.92 Å². The molecule has 1 aromatic carbocycles. The van der Waals surface area contributed by atoms with Crippen molar-refractivity contribution < 1.29 is 18.3 Å². The monoisotopic (exact) mass is 362 g/mol. The number of hydrogen-bond acceptors (Lipinski definition) is 3. The Labute approximate surface area is 150 Å². The Morgan fingerprint density at radius 1 is 1.27 bits per heavy atom. The van der Waals surface area contributed by atoms with Gasteiger partial charge in [-0.25, -0.2) is 0 Å². The molecule has 0 unspecified atom stereocenters. The SMILES string of the molecule is C=C(N[C@H](C)c1ccc(O)cn1)[C@H]1C[C@]1(C)c1ccc(C(F)(F)F)cc1. The molecule has 2 N–H and O–H groups in total. The molecule has 3 atom stereocenters.